The molecule has 1 aliphatic heterocycles. The van der Waals surface area contributed by atoms with E-state index in [2.05, 4.69) is 24.5 Å². The number of hydrogen-bond donors (Lipinski definition) is 0. The number of nitrogens with zero attached hydrogens (tertiary/aromatic N) is 1. The van der Waals surface area contributed by atoms with Crippen molar-refractivity contribution in [3.8, 4) is 0 Å². The Kier molecular flexibility index (Phi) is 3.22. The summed E-state index contributed by atoms with van der Waals surface area (Å²) in [6.07, 6.45) is 3.37. The largest absolute Gasteiger partial charge is 0.380 e. The van der Waals surface area contributed by atoms with E-state index in [1.54, 1.807) is 11.9 Å². The van der Waals surface area contributed by atoms with E-state index in [4.69, 9.17) is 4.74 Å². The first-order chi connectivity index (χ1) is 5.16. The monoisotopic (exact) mass is 175 g/mol. The first-order valence-electron chi connectivity index (χ1n) is 3.99. The molecule has 66 valence electrons. The molecule has 0 spiro atoms. The fraction of sp³-hybridized carbons (Fsp3) is 1.00. The molecule has 1 aliphatic rings. The SMILES string of the molecule is CSN(C)CCC1(C)COC1. The molecule has 1 rings (SSSR count). The summed E-state index contributed by atoms with van der Waals surface area (Å²) in [6, 6.07) is 0. The maximum atomic E-state index is 5.18. The molecular formula is C8H17NOS. The van der Waals surface area contributed by atoms with Crippen LogP contribution in [0.2, 0.25) is 0 Å². The maximum absolute atomic E-state index is 5.18. The predicted octanol–water partition coefficient (Wildman–Crippen LogP) is 1.62. The minimum absolute atomic E-state index is 0.476. The van der Waals surface area contributed by atoms with Crippen molar-refractivity contribution >= 4 is 11.9 Å². The van der Waals surface area contributed by atoms with Crippen LogP contribution in [0.3, 0.4) is 0 Å². The van der Waals surface area contributed by atoms with Gasteiger partial charge in [0.2, 0.25) is 0 Å². The molecule has 0 N–H and O–H groups in total. The molecule has 0 aliphatic carbocycles. The molecule has 0 aromatic carbocycles. The van der Waals surface area contributed by atoms with Crippen LogP contribution < -0.4 is 0 Å². The Morgan fingerprint density at radius 1 is 1.55 bits per heavy atom. The lowest BCUT2D eigenvalue weighted by molar-refractivity contribution is -0.106. The molecule has 0 amide bonds. The Morgan fingerprint density at radius 2 is 2.18 bits per heavy atom. The van der Waals surface area contributed by atoms with Crippen LogP contribution in [0.4, 0.5) is 0 Å². The lowest BCUT2D eigenvalue weighted by atomic mass is 9.85. The molecule has 0 bridgehead atoms. The molecule has 0 unspecified atom stereocenters. The Morgan fingerprint density at radius 3 is 2.55 bits per heavy atom. The highest BCUT2D eigenvalue weighted by Gasteiger charge is 2.32. The quantitative estimate of drug-likeness (QED) is 0.602. The molecule has 0 aromatic heterocycles. The van der Waals surface area contributed by atoms with Crippen molar-refractivity contribution in [2.45, 2.75) is 13.3 Å². The van der Waals surface area contributed by atoms with Crippen LogP contribution in [0.1, 0.15) is 13.3 Å². The highest BCUT2D eigenvalue weighted by molar-refractivity contribution is 7.96. The van der Waals surface area contributed by atoms with Gasteiger partial charge in [0.15, 0.2) is 0 Å². The summed E-state index contributed by atoms with van der Waals surface area (Å²) in [6.45, 7) is 5.37. The molecular weight excluding hydrogens is 158 g/mol. The van der Waals surface area contributed by atoms with Crippen molar-refractivity contribution in [3.05, 3.63) is 0 Å². The van der Waals surface area contributed by atoms with Gasteiger partial charge in [-0.2, -0.15) is 0 Å². The smallest absolute Gasteiger partial charge is 0.0542 e. The van der Waals surface area contributed by atoms with E-state index in [9.17, 15) is 0 Å². The van der Waals surface area contributed by atoms with Crippen LogP contribution in [-0.2, 0) is 4.74 Å². The summed E-state index contributed by atoms with van der Waals surface area (Å²) >= 11 is 1.79. The van der Waals surface area contributed by atoms with Crippen LogP contribution in [0, 0.1) is 5.41 Å². The first kappa shape index (κ1) is 9.36. The van der Waals surface area contributed by atoms with E-state index in [0.29, 0.717) is 5.41 Å². The summed E-state index contributed by atoms with van der Waals surface area (Å²) in [5, 5.41) is 0. The maximum Gasteiger partial charge on any atom is 0.0542 e. The second-order valence-electron chi connectivity index (χ2n) is 3.59. The van der Waals surface area contributed by atoms with Crippen molar-refractivity contribution in [2.24, 2.45) is 5.41 Å². The number of ether oxygens (including phenoxy) is 1. The standard InChI is InChI=1S/C8H17NOS/c1-8(6-10-7-8)4-5-9(2)11-3/h4-7H2,1-3H3. The predicted molar refractivity (Wildman–Crippen MR) is 49.7 cm³/mol. The van der Waals surface area contributed by atoms with Crippen molar-refractivity contribution in [2.75, 3.05) is 33.1 Å². The van der Waals surface area contributed by atoms with Gasteiger partial charge in [0, 0.05) is 12.0 Å². The van der Waals surface area contributed by atoms with E-state index in [1.165, 1.54) is 13.0 Å². The minimum Gasteiger partial charge on any atom is -0.380 e. The molecule has 0 aromatic rings. The van der Waals surface area contributed by atoms with E-state index in [-0.39, 0.29) is 0 Å². The molecule has 1 fully saturated rings. The van der Waals surface area contributed by atoms with Gasteiger partial charge in [0.25, 0.3) is 0 Å². The molecule has 0 radical (unpaired) electrons. The average molecular weight is 175 g/mol. The summed E-state index contributed by atoms with van der Waals surface area (Å²) in [7, 11) is 2.13. The van der Waals surface area contributed by atoms with Gasteiger partial charge in [0.1, 0.15) is 0 Å². The molecule has 0 saturated carbocycles. The molecule has 2 nitrogen and oxygen atoms in total. The van der Waals surface area contributed by atoms with Crippen LogP contribution in [0.25, 0.3) is 0 Å². The Labute approximate surface area is 73.4 Å². The van der Waals surface area contributed by atoms with Gasteiger partial charge in [-0.05, 0) is 19.7 Å². The van der Waals surface area contributed by atoms with Gasteiger partial charge < -0.3 is 4.74 Å². The van der Waals surface area contributed by atoms with Crippen molar-refractivity contribution in [3.63, 3.8) is 0 Å². The fourth-order valence-electron chi connectivity index (χ4n) is 1.11. The second kappa shape index (κ2) is 3.78. The normalized spacial score (nSPS) is 21.8. The van der Waals surface area contributed by atoms with E-state index in [0.717, 1.165) is 13.2 Å². The molecule has 11 heavy (non-hydrogen) atoms. The van der Waals surface area contributed by atoms with Crippen molar-refractivity contribution in [1.82, 2.24) is 4.31 Å². The molecule has 1 saturated heterocycles. The van der Waals surface area contributed by atoms with Gasteiger partial charge in [-0.25, -0.2) is 0 Å². The highest BCUT2D eigenvalue weighted by Crippen LogP contribution is 2.30. The average Bonchev–Trinajstić information content (AvgIpc) is 1.96. The topological polar surface area (TPSA) is 12.5 Å². The van der Waals surface area contributed by atoms with E-state index >= 15 is 0 Å². The first-order valence-corrected chi connectivity index (χ1v) is 5.17. The molecule has 1 heterocycles. The van der Waals surface area contributed by atoms with Gasteiger partial charge in [0.05, 0.1) is 13.2 Å². The van der Waals surface area contributed by atoms with Crippen LogP contribution in [-0.4, -0.2) is 37.4 Å². The zero-order chi connectivity index (χ0) is 8.32. The summed E-state index contributed by atoms with van der Waals surface area (Å²) in [5.74, 6) is 0. The van der Waals surface area contributed by atoms with Gasteiger partial charge >= 0.3 is 0 Å². The Bertz CT molecular complexity index is 125. The molecule has 0 atom stereocenters. The van der Waals surface area contributed by atoms with E-state index in [1.807, 2.05) is 0 Å². The Balaban J connectivity index is 2.11. The van der Waals surface area contributed by atoms with Gasteiger partial charge in [-0.3, -0.25) is 4.31 Å². The summed E-state index contributed by atoms with van der Waals surface area (Å²) < 4.78 is 7.45. The fourth-order valence-corrected chi connectivity index (χ4v) is 1.39. The van der Waals surface area contributed by atoms with Gasteiger partial charge in [-0.1, -0.05) is 18.9 Å². The van der Waals surface area contributed by atoms with Gasteiger partial charge in [-0.15, -0.1) is 0 Å². The zero-order valence-electron chi connectivity index (χ0n) is 7.59. The second-order valence-corrected chi connectivity index (χ2v) is 4.58. The minimum atomic E-state index is 0.476. The highest BCUT2D eigenvalue weighted by atomic mass is 32.2. The summed E-state index contributed by atoms with van der Waals surface area (Å²) in [4.78, 5) is 0. The third kappa shape index (κ3) is 2.65. The third-order valence-corrected chi connectivity index (χ3v) is 3.05. The summed E-state index contributed by atoms with van der Waals surface area (Å²) in [5.41, 5.74) is 0.476. The third-order valence-electron chi connectivity index (χ3n) is 2.24. The zero-order valence-corrected chi connectivity index (χ0v) is 8.41. The number of hydrogen-bond acceptors (Lipinski definition) is 3. The number of rotatable bonds is 4. The van der Waals surface area contributed by atoms with Crippen molar-refractivity contribution < 1.29 is 4.74 Å². The van der Waals surface area contributed by atoms with Crippen LogP contribution >= 0.6 is 11.9 Å². The molecule has 3 heteroatoms. The van der Waals surface area contributed by atoms with E-state index < -0.39 is 0 Å². The van der Waals surface area contributed by atoms with Crippen molar-refractivity contribution in [1.29, 1.82) is 0 Å². The van der Waals surface area contributed by atoms with Crippen LogP contribution in [0.5, 0.6) is 0 Å². The lowest BCUT2D eigenvalue weighted by Gasteiger charge is -2.38. The Hall–Kier alpha value is 0.270. The lowest BCUT2D eigenvalue weighted by Crippen LogP contribution is -2.41. The van der Waals surface area contributed by atoms with Crippen LogP contribution in [0.15, 0.2) is 0 Å².